The summed E-state index contributed by atoms with van der Waals surface area (Å²) in [7, 11) is 3.27. The highest BCUT2D eigenvalue weighted by Gasteiger charge is 2.09. The molecule has 5 heteroatoms. The first kappa shape index (κ1) is 10.6. The van der Waals surface area contributed by atoms with Gasteiger partial charge in [-0.05, 0) is 6.26 Å². The maximum absolute atomic E-state index is 5.23. The lowest BCUT2D eigenvalue weighted by Crippen LogP contribution is -1.89. The molecule has 0 saturated heterocycles. The zero-order valence-electron chi connectivity index (χ0n) is 8.73. The van der Waals surface area contributed by atoms with Crippen LogP contribution in [0.25, 0.3) is 10.2 Å². The number of ether oxygens (including phenoxy) is 2. The van der Waals surface area contributed by atoms with Gasteiger partial charge in [-0.3, -0.25) is 0 Å². The van der Waals surface area contributed by atoms with E-state index in [2.05, 4.69) is 4.98 Å². The maximum atomic E-state index is 5.23. The Kier molecular flexibility index (Phi) is 3.02. The van der Waals surface area contributed by atoms with Crippen molar-refractivity contribution in [2.75, 3.05) is 20.5 Å². The fourth-order valence-electron chi connectivity index (χ4n) is 1.32. The molecule has 15 heavy (non-hydrogen) atoms. The molecule has 0 atom stereocenters. The quantitative estimate of drug-likeness (QED) is 0.773. The Bertz CT molecular complexity index is 440. The van der Waals surface area contributed by atoms with Crippen LogP contribution < -0.4 is 9.47 Å². The molecule has 0 saturated carbocycles. The van der Waals surface area contributed by atoms with Crippen LogP contribution >= 0.6 is 23.1 Å². The first-order chi connectivity index (χ1) is 7.28. The molecule has 1 heterocycles. The van der Waals surface area contributed by atoms with Crippen molar-refractivity contribution in [2.24, 2.45) is 0 Å². The Hall–Kier alpha value is -0.940. The number of rotatable bonds is 3. The van der Waals surface area contributed by atoms with Crippen molar-refractivity contribution in [3.8, 4) is 11.5 Å². The van der Waals surface area contributed by atoms with Crippen molar-refractivity contribution in [1.82, 2.24) is 4.98 Å². The van der Waals surface area contributed by atoms with Crippen molar-refractivity contribution in [3.63, 3.8) is 0 Å². The summed E-state index contributed by atoms with van der Waals surface area (Å²) in [5, 5.41) is 0. The van der Waals surface area contributed by atoms with Gasteiger partial charge in [0.15, 0.2) is 15.8 Å². The third-order valence-corrected chi connectivity index (χ3v) is 4.05. The summed E-state index contributed by atoms with van der Waals surface area (Å²) >= 11 is 3.31. The fourth-order valence-corrected chi connectivity index (χ4v) is 2.82. The van der Waals surface area contributed by atoms with Crippen molar-refractivity contribution in [1.29, 1.82) is 0 Å². The number of thiazole rings is 1. The summed E-state index contributed by atoms with van der Waals surface area (Å²) in [5.74, 6) is 1.48. The van der Waals surface area contributed by atoms with Crippen LogP contribution in [0, 0.1) is 0 Å². The van der Waals surface area contributed by atoms with Gasteiger partial charge >= 0.3 is 0 Å². The zero-order chi connectivity index (χ0) is 10.8. The fraction of sp³-hybridized carbons (Fsp3) is 0.300. The van der Waals surface area contributed by atoms with Crippen LogP contribution in [0.5, 0.6) is 11.5 Å². The van der Waals surface area contributed by atoms with Crippen molar-refractivity contribution < 1.29 is 9.47 Å². The minimum absolute atomic E-state index is 0.725. The number of aromatic nitrogens is 1. The van der Waals surface area contributed by atoms with E-state index in [9.17, 15) is 0 Å². The highest BCUT2D eigenvalue weighted by atomic mass is 32.2. The van der Waals surface area contributed by atoms with Gasteiger partial charge in [0.25, 0.3) is 0 Å². The molecule has 1 aromatic heterocycles. The van der Waals surface area contributed by atoms with Gasteiger partial charge in [0.2, 0.25) is 0 Å². The van der Waals surface area contributed by atoms with E-state index >= 15 is 0 Å². The molecule has 1 aromatic carbocycles. The Morgan fingerprint density at radius 1 is 1.20 bits per heavy atom. The second-order valence-electron chi connectivity index (χ2n) is 2.86. The molecule has 0 amide bonds. The first-order valence-electron chi connectivity index (χ1n) is 4.35. The number of hydrogen-bond donors (Lipinski definition) is 0. The molecule has 3 nitrogen and oxygen atoms in total. The van der Waals surface area contributed by atoms with E-state index < -0.39 is 0 Å². The van der Waals surface area contributed by atoms with Crippen molar-refractivity contribution in [2.45, 2.75) is 4.34 Å². The molecule has 0 aliphatic carbocycles. The second-order valence-corrected chi connectivity index (χ2v) is 4.94. The molecule has 0 radical (unpaired) electrons. The van der Waals surface area contributed by atoms with E-state index in [4.69, 9.17) is 9.47 Å². The molecule has 0 N–H and O–H groups in total. The second kappa shape index (κ2) is 4.28. The predicted molar refractivity (Wildman–Crippen MR) is 64.5 cm³/mol. The Morgan fingerprint density at radius 3 is 2.47 bits per heavy atom. The van der Waals surface area contributed by atoms with E-state index in [1.54, 1.807) is 37.3 Å². The van der Waals surface area contributed by atoms with Gasteiger partial charge in [-0.2, -0.15) is 0 Å². The van der Waals surface area contributed by atoms with Crippen LogP contribution in [-0.2, 0) is 0 Å². The molecule has 0 unspecified atom stereocenters. The Labute approximate surface area is 96.4 Å². The largest absolute Gasteiger partial charge is 0.493 e. The zero-order valence-corrected chi connectivity index (χ0v) is 10.4. The molecule has 0 aliphatic heterocycles. The maximum Gasteiger partial charge on any atom is 0.162 e. The number of fused-ring (bicyclic) bond motifs is 1. The number of benzene rings is 1. The third-order valence-electron chi connectivity index (χ3n) is 2.05. The van der Waals surface area contributed by atoms with Gasteiger partial charge < -0.3 is 9.47 Å². The summed E-state index contributed by atoms with van der Waals surface area (Å²) < 4.78 is 12.6. The summed E-state index contributed by atoms with van der Waals surface area (Å²) in [6, 6.07) is 3.87. The van der Waals surface area contributed by atoms with Crippen LogP contribution in [0.1, 0.15) is 0 Å². The van der Waals surface area contributed by atoms with E-state index in [1.165, 1.54) is 0 Å². The molecule has 2 rings (SSSR count). The summed E-state index contributed by atoms with van der Waals surface area (Å²) in [4.78, 5) is 4.46. The smallest absolute Gasteiger partial charge is 0.162 e. The van der Waals surface area contributed by atoms with E-state index in [1.807, 2.05) is 18.4 Å². The SMILES string of the molecule is COc1cc2nc(SC)sc2cc1OC. The molecular formula is C10H11NO2S2. The third kappa shape index (κ3) is 1.89. The highest BCUT2D eigenvalue weighted by Crippen LogP contribution is 2.36. The topological polar surface area (TPSA) is 31.4 Å². The molecule has 0 spiro atoms. The van der Waals surface area contributed by atoms with E-state index in [0.717, 1.165) is 26.1 Å². The van der Waals surface area contributed by atoms with Crippen LogP contribution in [0.3, 0.4) is 0 Å². The number of thioether (sulfide) groups is 1. The molecule has 2 aromatic rings. The van der Waals surface area contributed by atoms with Gasteiger partial charge in [-0.1, -0.05) is 11.8 Å². The van der Waals surface area contributed by atoms with Crippen molar-refractivity contribution in [3.05, 3.63) is 12.1 Å². The van der Waals surface area contributed by atoms with Crippen LogP contribution in [0.4, 0.5) is 0 Å². The summed E-state index contributed by atoms with van der Waals surface area (Å²) in [5.41, 5.74) is 0.960. The highest BCUT2D eigenvalue weighted by molar-refractivity contribution is 8.00. The average molecular weight is 241 g/mol. The first-order valence-corrected chi connectivity index (χ1v) is 6.39. The number of nitrogens with zero attached hydrogens (tertiary/aromatic N) is 1. The van der Waals surface area contributed by atoms with Gasteiger partial charge in [0.1, 0.15) is 0 Å². The van der Waals surface area contributed by atoms with Gasteiger partial charge in [-0.15, -0.1) is 11.3 Å². The molecule has 0 bridgehead atoms. The predicted octanol–water partition coefficient (Wildman–Crippen LogP) is 3.04. The van der Waals surface area contributed by atoms with E-state index in [-0.39, 0.29) is 0 Å². The number of methoxy groups -OCH3 is 2. The van der Waals surface area contributed by atoms with Crippen molar-refractivity contribution >= 4 is 33.3 Å². The average Bonchev–Trinajstić information content (AvgIpc) is 2.68. The van der Waals surface area contributed by atoms with E-state index in [0.29, 0.717) is 0 Å². The molecule has 0 aliphatic rings. The molecular weight excluding hydrogens is 230 g/mol. The Balaban J connectivity index is 2.61. The standard InChI is InChI=1S/C10H11NO2S2/c1-12-7-4-6-9(5-8(7)13-2)15-10(11-6)14-3/h4-5H,1-3H3. The number of hydrogen-bond acceptors (Lipinski definition) is 5. The molecule has 80 valence electrons. The van der Waals surface area contributed by atoms with Gasteiger partial charge in [0, 0.05) is 12.1 Å². The monoisotopic (exact) mass is 241 g/mol. The summed E-state index contributed by atoms with van der Waals surface area (Å²) in [6.07, 6.45) is 2.02. The summed E-state index contributed by atoms with van der Waals surface area (Å²) in [6.45, 7) is 0. The minimum Gasteiger partial charge on any atom is -0.493 e. The van der Waals surface area contributed by atoms with Crippen LogP contribution in [0.2, 0.25) is 0 Å². The lowest BCUT2D eigenvalue weighted by atomic mass is 10.3. The lowest BCUT2D eigenvalue weighted by Gasteiger charge is -2.05. The normalized spacial score (nSPS) is 10.6. The molecule has 0 fully saturated rings. The van der Waals surface area contributed by atoms with Gasteiger partial charge in [-0.25, -0.2) is 4.98 Å². The van der Waals surface area contributed by atoms with Gasteiger partial charge in [0.05, 0.1) is 24.4 Å². The Morgan fingerprint density at radius 2 is 1.87 bits per heavy atom. The minimum atomic E-state index is 0.725. The van der Waals surface area contributed by atoms with Crippen LogP contribution in [0.15, 0.2) is 16.5 Å². The lowest BCUT2D eigenvalue weighted by molar-refractivity contribution is 0.356. The van der Waals surface area contributed by atoms with Crippen LogP contribution in [-0.4, -0.2) is 25.5 Å².